The van der Waals surface area contributed by atoms with Crippen LogP contribution in [0.4, 0.5) is 0 Å². The van der Waals surface area contributed by atoms with Gasteiger partial charge in [0.2, 0.25) is 0 Å². The zero-order valence-electron chi connectivity index (χ0n) is 12.6. The highest BCUT2D eigenvalue weighted by Crippen LogP contribution is 2.31. The second-order valence-corrected chi connectivity index (χ2v) is 6.44. The number of hydrogen-bond acceptors (Lipinski definition) is 3. The average Bonchev–Trinajstić information content (AvgIpc) is 2.53. The third-order valence-corrected chi connectivity index (χ3v) is 4.34. The Bertz CT molecular complexity index is 638. The van der Waals surface area contributed by atoms with E-state index in [1.165, 1.54) is 0 Å². The first kappa shape index (κ1) is 16.7. The third-order valence-electron chi connectivity index (χ3n) is 3.84. The highest BCUT2D eigenvalue weighted by Gasteiger charge is 2.31. The van der Waals surface area contributed by atoms with Crippen LogP contribution in [-0.4, -0.2) is 17.7 Å². The maximum Gasteiger partial charge on any atom is 0.338 e. The van der Waals surface area contributed by atoms with Crippen LogP contribution in [0, 0.1) is 5.92 Å². The van der Waals surface area contributed by atoms with Gasteiger partial charge in [0.15, 0.2) is 0 Å². The van der Waals surface area contributed by atoms with Crippen molar-refractivity contribution in [2.24, 2.45) is 5.92 Å². The highest BCUT2D eigenvalue weighted by molar-refractivity contribution is 9.10. The Morgan fingerprint density at radius 2 is 1.91 bits per heavy atom. The van der Waals surface area contributed by atoms with Gasteiger partial charge in [-0.25, -0.2) is 4.79 Å². The van der Waals surface area contributed by atoms with Gasteiger partial charge in [-0.3, -0.25) is 0 Å². The molecule has 0 radical (unpaired) electrons. The molecule has 0 aliphatic carbocycles. The normalized spacial score (nSPS) is 14.9. The quantitative estimate of drug-likeness (QED) is 0.812. The molecule has 0 amide bonds. The monoisotopic (exact) mass is 362 g/mol. The molecule has 0 aromatic heterocycles. The van der Waals surface area contributed by atoms with Crippen molar-refractivity contribution in [3.63, 3.8) is 0 Å². The van der Waals surface area contributed by atoms with Crippen molar-refractivity contribution in [1.29, 1.82) is 0 Å². The van der Waals surface area contributed by atoms with Crippen molar-refractivity contribution in [2.45, 2.75) is 19.4 Å². The molecule has 0 saturated carbocycles. The third kappa shape index (κ3) is 3.96. The van der Waals surface area contributed by atoms with E-state index in [2.05, 4.69) is 15.9 Å². The van der Waals surface area contributed by atoms with Gasteiger partial charge < -0.3 is 9.84 Å². The molecule has 0 aliphatic heterocycles. The van der Waals surface area contributed by atoms with Gasteiger partial charge in [0, 0.05) is 10.4 Å². The molecule has 1 N–H and O–H groups in total. The van der Waals surface area contributed by atoms with Gasteiger partial charge in [0.05, 0.1) is 17.8 Å². The molecule has 0 saturated heterocycles. The first-order chi connectivity index (χ1) is 10.4. The molecule has 4 heteroatoms. The number of halogens is 1. The largest absolute Gasteiger partial charge is 0.462 e. The van der Waals surface area contributed by atoms with E-state index in [-0.39, 0.29) is 18.5 Å². The number of carbonyl (C=O) groups is 1. The van der Waals surface area contributed by atoms with Gasteiger partial charge in [-0.1, -0.05) is 53.2 Å². The summed E-state index contributed by atoms with van der Waals surface area (Å²) in [6, 6.07) is 16.3. The fraction of sp³-hybridized carbons (Fsp3) is 0.278. The fourth-order valence-electron chi connectivity index (χ4n) is 2.11. The number of ether oxygens (including phenoxy) is 1. The molecular formula is C18H19BrO3. The summed E-state index contributed by atoms with van der Waals surface area (Å²) in [7, 11) is 0. The van der Waals surface area contributed by atoms with E-state index in [0.717, 1.165) is 10.0 Å². The van der Waals surface area contributed by atoms with Gasteiger partial charge in [-0.15, -0.1) is 0 Å². The Morgan fingerprint density at radius 1 is 1.23 bits per heavy atom. The van der Waals surface area contributed by atoms with E-state index >= 15 is 0 Å². The Kier molecular flexibility index (Phi) is 5.37. The lowest BCUT2D eigenvalue weighted by Crippen LogP contribution is -2.33. The summed E-state index contributed by atoms with van der Waals surface area (Å²) in [5.74, 6) is -0.619. The molecule has 116 valence electrons. The Balaban J connectivity index is 2.02. The van der Waals surface area contributed by atoms with Crippen LogP contribution < -0.4 is 0 Å². The number of esters is 1. The molecule has 0 spiro atoms. The van der Waals surface area contributed by atoms with Crippen LogP contribution in [0.3, 0.4) is 0 Å². The Hall–Kier alpha value is -1.65. The highest BCUT2D eigenvalue weighted by atomic mass is 79.9. The van der Waals surface area contributed by atoms with Gasteiger partial charge in [-0.2, -0.15) is 0 Å². The molecule has 0 aliphatic rings. The molecule has 0 heterocycles. The maximum absolute atomic E-state index is 12.0. The Labute approximate surface area is 139 Å². The SMILES string of the molecule is C[C@@H](COC(=O)c1ccccc1)[C@](C)(O)c1cccc(Br)c1. The van der Waals surface area contributed by atoms with Crippen LogP contribution in [0.15, 0.2) is 59.1 Å². The smallest absolute Gasteiger partial charge is 0.338 e. The van der Waals surface area contributed by atoms with E-state index in [1.54, 1.807) is 31.2 Å². The second kappa shape index (κ2) is 7.07. The second-order valence-electron chi connectivity index (χ2n) is 5.52. The topological polar surface area (TPSA) is 46.5 Å². The summed E-state index contributed by atoms with van der Waals surface area (Å²) in [5, 5.41) is 10.8. The average molecular weight is 363 g/mol. The standard InChI is InChI=1S/C18H19BrO3/c1-13(12-22-17(20)14-7-4-3-5-8-14)18(2,21)15-9-6-10-16(19)11-15/h3-11,13,21H,12H2,1-2H3/t13-,18-/m0/s1. The number of hydrogen-bond donors (Lipinski definition) is 1. The number of rotatable bonds is 5. The molecular weight excluding hydrogens is 344 g/mol. The molecule has 0 unspecified atom stereocenters. The number of aliphatic hydroxyl groups is 1. The zero-order chi connectivity index (χ0) is 16.2. The van der Waals surface area contributed by atoms with Gasteiger partial charge in [-0.05, 0) is 36.8 Å². The number of carbonyl (C=O) groups excluding carboxylic acids is 1. The zero-order valence-corrected chi connectivity index (χ0v) is 14.2. The Morgan fingerprint density at radius 3 is 2.55 bits per heavy atom. The van der Waals surface area contributed by atoms with E-state index < -0.39 is 5.60 Å². The molecule has 3 nitrogen and oxygen atoms in total. The van der Waals surface area contributed by atoms with Crippen molar-refractivity contribution < 1.29 is 14.6 Å². The molecule has 2 aromatic carbocycles. The lowest BCUT2D eigenvalue weighted by molar-refractivity contribution is -0.0301. The van der Waals surface area contributed by atoms with Crippen molar-refractivity contribution in [2.75, 3.05) is 6.61 Å². The molecule has 2 aromatic rings. The summed E-state index contributed by atoms with van der Waals surface area (Å²) in [6.45, 7) is 3.74. The number of benzene rings is 2. The van der Waals surface area contributed by atoms with E-state index in [1.807, 2.05) is 37.3 Å². The predicted molar refractivity (Wildman–Crippen MR) is 89.6 cm³/mol. The van der Waals surface area contributed by atoms with Gasteiger partial charge in [0.1, 0.15) is 0 Å². The summed E-state index contributed by atoms with van der Waals surface area (Å²) in [5.41, 5.74) is 0.211. The van der Waals surface area contributed by atoms with Crippen molar-refractivity contribution >= 4 is 21.9 Å². The van der Waals surface area contributed by atoms with Gasteiger partial charge in [0.25, 0.3) is 0 Å². The lowest BCUT2D eigenvalue weighted by atomic mass is 9.84. The minimum atomic E-state index is -1.08. The predicted octanol–water partition coefficient (Wildman–Crippen LogP) is 4.15. The summed E-state index contributed by atoms with van der Waals surface area (Å²) in [4.78, 5) is 12.0. The van der Waals surface area contributed by atoms with Crippen molar-refractivity contribution in [1.82, 2.24) is 0 Å². The van der Waals surface area contributed by atoms with Gasteiger partial charge >= 0.3 is 5.97 Å². The van der Waals surface area contributed by atoms with Crippen LogP contribution in [0.25, 0.3) is 0 Å². The summed E-state index contributed by atoms with van der Waals surface area (Å²) in [6.07, 6.45) is 0. The van der Waals surface area contributed by atoms with Crippen LogP contribution in [0.1, 0.15) is 29.8 Å². The first-order valence-corrected chi connectivity index (χ1v) is 7.91. The first-order valence-electron chi connectivity index (χ1n) is 7.12. The molecule has 2 rings (SSSR count). The van der Waals surface area contributed by atoms with Crippen molar-refractivity contribution in [3.05, 3.63) is 70.2 Å². The van der Waals surface area contributed by atoms with E-state index in [9.17, 15) is 9.90 Å². The molecule has 2 atom stereocenters. The van der Waals surface area contributed by atoms with Crippen molar-refractivity contribution in [3.8, 4) is 0 Å². The van der Waals surface area contributed by atoms with Crippen LogP contribution in [0.2, 0.25) is 0 Å². The summed E-state index contributed by atoms with van der Waals surface area (Å²) < 4.78 is 6.22. The van der Waals surface area contributed by atoms with Crippen LogP contribution in [-0.2, 0) is 10.3 Å². The minimum Gasteiger partial charge on any atom is -0.462 e. The molecule has 0 fully saturated rings. The van der Waals surface area contributed by atoms with Crippen LogP contribution in [0.5, 0.6) is 0 Å². The lowest BCUT2D eigenvalue weighted by Gasteiger charge is -2.30. The maximum atomic E-state index is 12.0. The van der Waals surface area contributed by atoms with E-state index in [4.69, 9.17) is 4.74 Å². The summed E-state index contributed by atoms with van der Waals surface area (Å²) >= 11 is 3.40. The minimum absolute atomic E-state index is 0.146. The molecule has 22 heavy (non-hydrogen) atoms. The fourth-order valence-corrected chi connectivity index (χ4v) is 2.51. The molecule has 0 bridgehead atoms. The van der Waals surface area contributed by atoms with E-state index in [0.29, 0.717) is 5.56 Å². The van der Waals surface area contributed by atoms with Crippen LogP contribution >= 0.6 is 15.9 Å².